The minimum atomic E-state index is -3.18. The van der Waals surface area contributed by atoms with Crippen LogP contribution >= 0.6 is 27.5 Å². The number of fused-ring (bicyclic) bond motifs is 1. The Morgan fingerprint density at radius 1 is 1.25 bits per heavy atom. The van der Waals surface area contributed by atoms with Gasteiger partial charge in [-0.25, -0.2) is 18.1 Å². The van der Waals surface area contributed by atoms with E-state index in [4.69, 9.17) is 11.6 Å². The topological polar surface area (TPSA) is 88.4 Å². The Labute approximate surface area is 177 Å². The first-order valence-electron chi connectivity index (χ1n) is 8.91. The number of hydrogen-bond acceptors (Lipinski definition) is 5. The molecule has 7 nitrogen and oxygen atoms in total. The molecule has 0 atom stereocenters. The molecular weight excluding hydrogens is 466 g/mol. The molecule has 0 bridgehead atoms. The average Bonchev–Trinajstić information content (AvgIpc) is 3.03. The lowest BCUT2D eigenvalue weighted by molar-refractivity contribution is 0.578. The van der Waals surface area contributed by atoms with E-state index in [0.717, 1.165) is 21.5 Å². The number of rotatable bonds is 9. The van der Waals surface area contributed by atoms with E-state index >= 15 is 0 Å². The number of nitrogens with one attached hydrogen (secondary N) is 2. The van der Waals surface area contributed by atoms with E-state index in [1.807, 2.05) is 37.3 Å². The number of aromatic nitrogens is 3. The molecule has 2 N–H and O–H groups in total. The summed E-state index contributed by atoms with van der Waals surface area (Å²) in [7, 11) is -3.18. The number of nitrogens with zero attached hydrogens (tertiary/aromatic N) is 3. The van der Waals surface area contributed by atoms with Crippen molar-refractivity contribution in [1.82, 2.24) is 19.3 Å². The highest BCUT2D eigenvalue weighted by atomic mass is 79.9. The highest BCUT2D eigenvalue weighted by Gasteiger charge is 2.13. The van der Waals surface area contributed by atoms with Crippen molar-refractivity contribution >= 4 is 49.0 Å². The van der Waals surface area contributed by atoms with Gasteiger partial charge < -0.3 is 5.32 Å². The summed E-state index contributed by atoms with van der Waals surface area (Å²) in [5.74, 6) is 0.899. The van der Waals surface area contributed by atoms with Gasteiger partial charge in [0, 0.05) is 29.7 Å². The van der Waals surface area contributed by atoms with Crippen LogP contribution in [0.2, 0.25) is 5.02 Å². The zero-order valence-electron chi connectivity index (χ0n) is 15.3. The third-order valence-corrected chi connectivity index (χ3v) is 6.51. The Balaban J connectivity index is 1.76. The lowest BCUT2D eigenvalue weighted by Crippen LogP contribution is -2.28. The second kappa shape index (κ2) is 9.21. The Morgan fingerprint density at radius 2 is 2.04 bits per heavy atom. The molecule has 0 amide bonds. The molecule has 0 aliphatic rings. The molecule has 0 aliphatic carbocycles. The molecule has 0 aliphatic heterocycles. The molecule has 0 saturated heterocycles. The van der Waals surface area contributed by atoms with Crippen molar-refractivity contribution < 1.29 is 8.42 Å². The maximum atomic E-state index is 11.7. The van der Waals surface area contributed by atoms with Gasteiger partial charge in [0.2, 0.25) is 10.0 Å². The Kier molecular flexibility index (Phi) is 6.92. The largest absolute Gasteiger partial charge is 0.370 e. The number of benzene rings is 1. The molecule has 0 fully saturated rings. The molecule has 0 unspecified atom stereocenters. The van der Waals surface area contributed by atoms with E-state index in [-0.39, 0.29) is 5.75 Å². The van der Waals surface area contributed by atoms with Gasteiger partial charge in [0.15, 0.2) is 5.65 Å². The average molecular weight is 487 g/mol. The van der Waals surface area contributed by atoms with Crippen LogP contribution in [0.15, 0.2) is 41.0 Å². The van der Waals surface area contributed by atoms with E-state index in [1.54, 1.807) is 10.7 Å². The lowest BCUT2D eigenvalue weighted by atomic mass is 10.1. The van der Waals surface area contributed by atoms with E-state index in [0.29, 0.717) is 36.6 Å². The zero-order chi connectivity index (χ0) is 20.1. The van der Waals surface area contributed by atoms with Gasteiger partial charge >= 0.3 is 0 Å². The van der Waals surface area contributed by atoms with E-state index in [9.17, 15) is 8.42 Å². The molecule has 3 aromatic rings. The highest BCUT2D eigenvalue weighted by molar-refractivity contribution is 9.10. The Morgan fingerprint density at radius 3 is 2.79 bits per heavy atom. The van der Waals surface area contributed by atoms with Crippen molar-refractivity contribution in [3.05, 3.63) is 46.0 Å². The first-order chi connectivity index (χ1) is 13.4. The van der Waals surface area contributed by atoms with Gasteiger partial charge in [0.05, 0.1) is 22.1 Å². The van der Waals surface area contributed by atoms with Crippen LogP contribution in [-0.4, -0.2) is 41.9 Å². The van der Waals surface area contributed by atoms with Crippen molar-refractivity contribution in [2.24, 2.45) is 0 Å². The maximum absolute atomic E-state index is 11.7. The number of anilines is 1. The number of sulfonamides is 1. The quantitative estimate of drug-likeness (QED) is 0.447. The normalized spacial score (nSPS) is 11.8. The van der Waals surface area contributed by atoms with E-state index in [1.165, 1.54) is 0 Å². The summed E-state index contributed by atoms with van der Waals surface area (Å²) in [5, 5.41) is 8.27. The van der Waals surface area contributed by atoms with Crippen molar-refractivity contribution in [3.63, 3.8) is 0 Å². The van der Waals surface area contributed by atoms with Gasteiger partial charge in [-0.1, -0.05) is 36.7 Å². The standard InChI is InChI=1S/C18H21BrClN5O2S/c1-2-10-28(26,27)23-9-5-8-21-17-11-16(13-6-3-4-7-15(13)20)24-18-14(19)12-22-25(17)18/h3-4,6-7,11-12,21,23H,2,5,8-10H2,1H3. The van der Waals surface area contributed by atoms with E-state index in [2.05, 4.69) is 36.1 Å². The fourth-order valence-electron chi connectivity index (χ4n) is 2.74. The molecule has 2 heterocycles. The summed E-state index contributed by atoms with van der Waals surface area (Å²) >= 11 is 9.80. The predicted octanol–water partition coefficient (Wildman–Crippen LogP) is 3.94. The molecular formula is C18H21BrClN5O2S. The van der Waals surface area contributed by atoms with Crippen LogP contribution in [0.5, 0.6) is 0 Å². The second-order valence-electron chi connectivity index (χ2n) is 6.23. The molecule has 10 heteroatoms. The molecule has 1 aromatic carbocycles. The van der Waals surface area contributed by atoms with Crippen LogP contribution < -0.4 is 10.0 Å². The van der Waals surface area contributed by atoms with Crippen molar-refractivity contribution in [2.75, 3.05) is 24.2 Å². The number of halogens is 2. The zero-order valence-corrected chi connectivity index (χ0v) is 18.5. The molecule has 0 spiro atoms. The third-order valence-electron chi connectivity index (χ3n) is 4.03. The van der Waals surface area contributed by atoms with Gasteiger partial charge in [-0.05, 0) is 34.8 Å². The fourth-order valence-corrected chi connectivity index (χ4v) is 4.46. The molecule has 150 valence electrons. The Hall–Kier alpha value is -1.68. The van der Waals surface area contributed by atoms with Crippen LogP contribution in [0.25, 0.3) is 16.9 Å². The van der Waals surface area contributed by atoms with Crippen molar-refractivity contribution in [3.8, 4) is 11.3 Å². The van der Waals surface area contributed by atoms with Crippen LogP contribution in [0.3, 0.4) is 0 Å². The summed E-state index contributed by atoms with van der Waals surface area (Å²) in [6.45, 7) is 2.80. The minimum Gasteiger partial charge on any atom is -0.370 e. The monoisotopic (exact) mass is 485 g/mol. The van der Waals surface area contributed by atoms with Gasteiger partial charge in [0.25, 0.3) is 0 Å². The molecule has 0 saturated carbocycles. The van der Waals surface area contributed by atoms with Gasteiger partial charge in [-0.2, -0.15) is 9.61 Å². The summed E-state index contributed by atoms with van der Waals surface area (Å²) < 4.78 is 28.5. The first-order valence-corrected chi connectivity index (χ1v) is 11.7. The Bertz CT molecular complexity index is 1070. The summed E-state index contributed by atoms with van der Waals surface area (Å²) in [5.41, 5.74) is 2.23. The summed E-state index contributed by atoms with van der Waals surface area (Å²) in [4.78, 5) is 4.66. The molecule has 3 rings (SSSR count). The van der Waals surface area contributed by atoms with Gasteiger partial charge in [-0.3, -0.25) is 0 Å². The molecule has 0 radical (unpaired) electrons. The summed E-state index contributed by atoms with van der Waals surface area (Å²) in [6.07, 6.45) is 2.92. The number of hydrogen-bond donors (Lipinski definition) is 2. The highest BCUT2D eigenvalue weighted by Crippen LogP contribution is 2.30. The summed E-state index contributed by atoms with van der Waals surface area (Å²) in [6, 6.07) is 9.40. The first kappa shape index (κ1) is 21.0. The minimum absolute atomic E-state index is 0.147. The molecule has 28 heavy (non-hydrogen) atoms. The predicted molar refractivity (Wildman–Crippen MR) is 116 cm³/mol. The lowest BCUT2D eigenvalue weighted by Gasteiger charge is -2.12. The van der Waals surface area contributed by atoms with Crippen molar-refractivity contribution in [2.45, 2.75) is 19.8 Å². The van der Waals surface area contributed by atoms with Crippen molar-refractivity contribution in [1.29, 1.82) is 0 Å². The fraction of sp³-hybridized carbons (Fsp3) is 0.333. The SMILES string of the molecule is CCCS(=O)(=O)NCCCNc1cc(-c2ccccc2Cl)nc2c(Br)cnn12. The second-order valence-corrected chi connectivity index (χ2v) is 9.42. The van der Waals surface area contributed by atoms with Gasteiger partial charge in [0.1, 0.15) is 5.82 Å². The smallest absolute Gasteiger partial charge is 0.211 e. The van der Waals surface area contributed by atoms with Crippen LogP contribution in [-0.2, 0) is 10.0 Å². The van der Waals surface area contributed by atoms with Crippen LogP contribution in [0, 0.1) is 0 Å². The van der Waals surface area contributed by atoms with Gasteiger partial charge in [-0.15, -0.1) is 0 Å². The molecule has 2 aromatic heterocycles. The maximum Gasteiger partial charge on any atom is 0.211 e. The van der Waals surface area contributed by atoms with Crippen LogP contribution in [0.1, 0.15) is 19.8 Å². The van der Waals surface area contributed by atoms with E-state index < -0.39 is 10.0 Å². The third kappa shape index (κ3) is 5.02. The van der Waals surface area contributed by atoms with Crippen LogP contribution in [0.4, 0.5) is 5.82 Å².